The third kappa shape index (κ3) is 4.97. The summed E-state index contributed by atoms with van der Waals surface area (Å²) in [6.45, 7) is 1.25. The Labute approximate surface area is 153 Å². The Morgan fingerprint density at radius 2 is 1.76 bits per heavy atom. The van der Waals surface area contributed by atoms with Crippen molar-refractivity contribution in [3.05, 3.63) is 65.7 Å². The van der Waals surface area contributed by atoms with Gasteiger partial charge >= 0.3 is 0 Å². The van der Waals surface area contributed by atoms with E-state index in [9.17, 15) is 9.59 Å². The number of halogens is 1. The summed E-state index contributed by atoms with van der Waals surface area (Å²) in [7, 11) is 0. The van der Waals surface area contributed by atoms with E-state index >= 15 is 0 Å². The van der Waals surface area contributed by atoms with Gasteiger partial charge in [0.1, 0.15) is 6.04 Å². The van der Waals surface area contributed by atoms with Gasteiger partial charge in [-0.25, -0.2) is 0 Å². The van der Waals surface area contributed by atoms with Crippen LogP contribution in [0, 0.1) is 0 Å². The minimum atomic E-state index is -0.421. The Morgan fingerprint density at radius 3 is 2.44 bits per heavy atom. The highest BCUT2D eigenvalue weighted by atomic mass is 35.5. The van der Waals surface area contributed by atoms with Crippen LogP contribution in [0.5, 0.6) is 0 Å². The number of hydrogen-bond donors (Lipinski definition) is 2. The number of nitrogens with zero attached hydrogens (tertiary/aromatic N) is 1. The molecule has 0 aliphatic carbocycles. The predicted molar refractivity (Wildman–Crippen MR) is 100 cm³/mol. The molecule has 6 heteroatoms. The predicted octanol–water partition coefficient (Wildman–Crippen LogP) is 2.15. The van der Waals surface area contributed by atoms with Crippen LogP contribution in [0.25, 0.3) is 0 Å². The van der Waals surface area contributed by atoms with Gasteiger partial charge in [0.25, 0.3) is 0 Å². The highest BCUT2D eigenvalue weighted by Crippen LogP contribution is 2.15. The zero-order valence-electron chi connectivity index (χ0n) is 13.9. The number of nitrogens with one attached hydrogen (secondary N) is 1. The summed E-state index contributed by atoms with van der Waals surface area (Å²) in [5.41, 5.74) is 8.28. The molecule has 1 saturated heterocycles. The Morgan fingerprint density at radius 1 is 1.08 bits per heavy atom. The molecule has 2 aromatic carbocycles. The fraction of sp³-hybridized carbons (Fsp3) is 0.263. The molecule has 1 unspecified atom stereocenters. The first-order valence-corrected chi connectivity index (χ1v) is 8.08. The second kappa shape index (κ2) is 8.53. The summed E-state index contributed by atoms with van der Waals surface area (Å²) in [6.07, 6.45) is 0.905. The average Bonchev–Trinajstić information content (AvgIpc) is 2.91. The average molecular weight is 360 g/mol. The van der Waals surface area contributed by atoms with Gasteiger partial charge in [0.2, 0.25) is 11.8 Å². The Kier molecular flexibility index (Phi) is 6.42. The summed E-state index contributed by atoms with van der Waals surface area (Å²) >= 11 is 0. The van der Waals surface area contributed by atoms with Crippen molar-refractivity contribution in [2.24, 2.45) is 0 Å². The van der Waals surface area contributed by atoms with E-state index in [4.69, 9.17) is 5.73 Å². The van der Waals surface area contributed by atoms with Crippen LogP contribution in [0.1, 0.15) is 17.5 Å². The zero-order valence-corrected chi connectivity index (χ0v) is 14.7. The van der Waals surface area contributed by atoms with E-state index in [-0.39, 0.29) is 30.6 Å². The molecule has 1 atom stereocenters. The molecule has 0 aromatic heterocycles. The van der Waals surface area contributed by atoms with E-state index in [1.54, 1.807) is 17.0 Å². The van der Waals surface area contributed by atoms with E-state index in [2.05, 4.69) is 5.32 Å². The lowest BCUT2D eigenvalue weighted by atomic mass is 10.1. The van der Waals surface area contributed by atoms with Crippen molar-refractivity contribution in [1.29, 1.82) is 0 Å². The largest absolute Gasteiger partial charge is 0.399 e. The lowest BCUT2D eigenvalue weighted by Gasteiger charge is -2.17. The van der Waals surface area contributed by atoms with Gasteiger partial charge in [-0.15, -0.1) is 12.4 Å². The van der Waals surface area contributed by atoms with E-state index < -0.39 is 6.04 Å². The monoisotopic (exact) mass is 359 g/mol. The lowest BCUT2D eigenvalue weighted by Crippen LogP contribution is -2.41. The first-order valence-electron chi connectivity index (χ1n) is 8.08. The quantitative estimate of drug-likeness (QED) is 0.803. The van der Waals surface area contributed by atoms with Gasteiger partial charge < -0.3 is 16.0 Å². The third-order valence-electron chi connectivity index (χ3n) is 4.19. The second-order valence-electron chi connectivity index (χ2n) is 6.07. The maximum absolute atomic E-state index is 12.4. The first-order chi connectivity index (χ1) is 11.6. The maximum Gasteiger partial charge on any atom is 0.245 e. The topological polar surface area (TPSA) is 75.4 Å². The van der Waals surface area contributed by atoms with Gasteiger partial charge in [-0.05, 0) is 29.7 Å². The molecule has 5 nitrogen and oxygen atoms in total. The van der Waals surface area contributed by atoms with Gasteiger partial charge in [0.05, 0.1) is 6.42 Å². The van der Waals surface area contributed by atoms with Crippen LogP contribution >= 0.6 is 12.4 Å². The second-order valence-corrected chi connectivity index (χ2v) is 6.07. The van der Waals surface area contributed by atoms with Crippen LogP contribution in [0.4, 0.5) is 5.69 Å². The van der Waals surface area contributed by atoms with Crippen molar-refractivity contribution in [2.75, 3.05) is 12.3 Å². The smallest absolute Gasteiger partial charge is 0.245 e. The SMILES string of the molecule is Cl.Nc1ccc(CC(=O)NC2CCN(Cc3ccccc3)C2=O)cc1. The van der Waals surface area contributed by atoms with Crippen LogP contribution in [-0.2, 0) is 22.6 Å². The van der Waals surface area contributed by atoms with E-state index in [0.717, 1.165) is 11.1 Å². The van der Waals surface area contributed by atoms with Crippen molar-refractivity contribution < 1.29 is 9.59 Å². The van der Waals surface area contributed by atoms with Crippen molar-refractivity contribution in [3.63, 3.8) is 0 Å². The Bertz CT molecular complexity index is 719. The van der Waals surface area contributed by atoms with E-state index in [1.807, 2.05) is 42.5 Å². The Balaban J connectivity index is 0.00000225. The molecule has 0 bridgehead atoms. The van der Waals surface area contributed by atoms with E-state index in [0.29, 0.717) is 25.2 Å². The summed E-state index contributed by atoms with van der Waals surface area (Å²) in [5.74, 6) is -0.149. The number of likely N-dealkylation sites (tertiary alicyclic amines) is 1. The van der Waals surface area contributed by atoms with E-state index in [1.165, 1.54) is 0 Å². The molecular formula is C19H22ClN3O2. The fourth-order valence-corrected chi connectivity index (χ4v) is 2.90. The highest BCUT2D eigenvalue weighted by Gasteiger charge is 2.32. The molecule has 1 aliphatic heterocycles. The molecule has 0 radical (unpaired) electrons. The molecule has 3 rings (SSSR count). The Hall–Kier alpha value is -2.53. The first kappa shape index (κ1) is 18.8. The number of carbonyl (C=O) groups is 2. The van der Waals surface area contributed by atoms with Crippen molar-refractivity contribution in [1.82, 2.24) is 10.2 Å². The number of nitrogens with two attached hydrogens (primary N) is 1. The molecule has 2 aromatic rings. The van der Waals surface area contributed by atoms with Crippen molar-refractivity contribution in [2.45, 2.75) is 25.4 Å². The lowest BCUT2D eigenvalue weighted by molar-refractivity contribution is -0.132. The molecule has 132 valence electrons. The molecule has 0 saturated carbocycles. The highest BCUT2D eigenvalue weighted by molar-refractivity contribution is 5.89. The maximum atomic E-state index is 12.4. The molecule has 1 heterocycles. The number of anilines is 1. The molecule has 3 N–H and O–H groups in total. The van der Waals surface area contributed by atoms with Crippen molar-refractivity contribution in [3.8, 4) is 0 Å². The molecular weight excluding hydrogens is 338 g/mol. The number of benzene rings is 2. The van der Waals surface area contributed by atoms with Crippen LogP contribution in [0.15, 0.2) is 54.6 Å². The standard InChI is InChI=1S/C19H21N3O2.ClH/c20-16-8-6-14(7-9-16)12-18(23)21-17-10-11-22(19(17)24)13-15-4-2-1-3-5-15;/h1-9,17H,10-13,20H2,(H,21,23);1H. The molecule has 1 aliphatic rings. The van der Waals surface area contributed by atoms with Gasteiger partial charge in [-0.3, -0.25) is 9.59 Å². The van der Waals surface area contributed by atoms with Crippen molar-refractivity contribution >= 4 is 29.9 Å². The van der Waals surface area contributed by atoms with Crippen LogP contribution in [-0.4, -0.2) is 29.3 Å². The summed E-state index contributed by atoms with van der Waals surface area (Å²) in [4.78, 5) is 26.4. The number of amides is 2. The summed E-state index contributed by atoms with van der Waals surface area (Å²) in [6, 6.07) is 16.6. The van der Waals surface area contributed by atoms with Gasteiger partial charge in [0, 0.05) is 18.8 Å². The molecule has 2 amide bonds. The summed E-state index contributed by atoms with van der Waals surface area (Å²) in [5, 5.41) is 2.85. The van der Waals surface area contributed by atoms with Gasteiger partial charge in [-0.1, -0.05) is 42.5 Å². The van der Waals surface area contributed by atoms with Crippen LogP contribution in [0.3, 0.4) is 0 Å². The number of carbonyl (C=O) groups excluding carboxylic acids is 2. The molecule has 25 heavy (non-hydrogen) atoms. The number of hydrogen-bond acceptors (Lipinski definition) is 3. The molecule has 1 fully saturated rings. The normalized spacial score (nSPS) is 16.4. The molecule has 0 spiro atoms. The van der Waals surface area contributed by atoms with Crippen LogP contribution in [0.2, 0.25) is 0 Å². The summed E-state index contributed by atoms with van der Waals surface area (Å²) < 4.78 is 0. The minimum absolute atomic E-state index is 0. The van der Waals surface area contributed by atoms with Gasteiger partial charge in [-0.2, -0.15) is 0 Å². The zero-order chi connectivity index (χ0) is 16.9. The number of nitrogen functional groups attached to an aromatic ring is 1. The minimum Gasteiger partial charge on any atom is -0.399 e. The van der Waals surface area contributed by atoms with Crippen LogP contribution < -0.4 is 11.1 Å². The third-order valence-corrected chi connectivity index (χ3v) is 4.19. The fourth-order valence-electron chi connectivity index (χ4n) is 2.90. The number of rotatable bonds is 5. The van der Waals surface area contributed by atoms with Gasteiger partial charge in [0.15, 0.2) is 0 Å².